The Kier molecular flexibility index (Phi) is 4.04. The van der Waals surface area contributed by atoms with Crippen LogP contribution in [0, 0.1) is 13.8 Å². The predicted octanol–water partition coefficient (Wildman–Crippen LogP) is 3.07. The highest BCUT2D eigenvalue weighted by atomic mass is 35.7. The van der Waals surface area contributed by atoms with Crippen molar-refractivity contribution in [2.45, 2.75) is 20.3 Å². The van der Waals surface area contributed by atoms with Crippen molar-refractivity contribution in [3.8, 4) is 0 Å². The quantitative estimate of drug-likeness (QED) is 0.789. The smallest absolute Gasteiger partial charge is 0.212 e. The highest BCUT2D eigenvalue weighted by Gasteiger charge is 2.08. The molecule has 1 rings (SSSR count). The van der Waals surface area contributed by atoms with Crippen LogP contribution in [0.4, 0.5) is 0 Å². The van der Waals surface area contributed by atoms with Crippen LogP contribution in [0.2, 0.25) is 5.02 Å². The third-order valence-corrected chi connectivity index (χ3v) is 3.79. The fraction of sp³-hybridized carbons (Fsp3) is 0.400. The molecule has 0 N–H and O–H groups in total. The normalized spacial score (nSPS) is 11.7. The van der Waals surface area contributed by atoms with Crippen molar-refractivity contribution < 1.29 is 8.42 Å². The number of hydrogen-bond donors (Lipinski definition) is 0. The fourth-order valence-corrected chi connectivity index (χ4v) is 2.26. The molecule has 0 aliphatic carbocycles. The second kappa shape index (κ2) is 4.73. The number of rotatable bonds is 3. The molecule has 5 heteroatoms. The lowest BCUT2D eigenvalue weighted by Gasteiger charge is -2.07. The molecule has 0 atom stereocenters. The molecule has 0 unspecified atom stereocenters. The number of benzene rings is 1. The molecule has 0 saturated heterocycles. The van der Waals surface area contributed by atoms with Gasteiger partial charge in [0, 0.05) is 15.7 Å². The lowest BCUT2D eigenvalue weighted by atomic mass is 10.0. The van der Waals surface area contributed by atoms with Gasteiger partial charge in [-0.15, -0.1) is 0 Å². The van der Waals surface area contributed by atoms with Gasteiger partial charge in [0.25, 0.3) is 0 Å². The van der Waals surface area contributed by atoms with Crippen molar-refractivity contribution in [3.05, 3.63) is 33.8 Å². The molecule has 0 spiro atoms. The first-order valence-corrected chi connectivity index (χ1v) is 7.33. The van der Waals surface area contributed by atoms with E-state index in [2.05, 4.69) is 0 Å². The van der Waals surface area contributed by atoms with E-state index in [-0.39, 0.29) is 5.75 Å². The molecule has 0 fully saturated rings. The molecule has 1 aromatic rings. The zero-order valence-corrected chi connectivity index (χ0v) is 10.9. The summed E-state index contributed by atoms with van der Waals surface area (Å²) < 4.78 is 21.6. The molecule has 0 saturated carbocycles. The fourth-order valence-electron chi connectivity index (χ4n) is 1.34. The molecule has 0 radical (unpaired) electrons. The van der Waals surface area contributed by atoms with Crippen molar-refractivity contribution in [3.63, 3.8) is 0 Å². The molecule has 0 aliphatic rings. The highest BCUT2D eigenvalue weighted by Crippen LogP contribution is 2.21. The summed E-state index contributed by atoms with van der Waals surface area (Å²) in [5.74, 6) is -0.0452. The van der Waals surface area contributed by atoms with E-state index in [1.165, 1.54) is 0 Å². The van der Waals surface area contributed by atoms with Crippen LogP contribution in [-0.2, 0) is 15.5 Å². The van der Waals surface area contributed by atoms with Crippen molar-refractivity contribution >= 4 is 31.3 Å². The summed E-state index contributed by atoms with van der Waals surface area (Å²) >= 11 is 5.93. The molecular weight excluding hydrogens is 255 g/mol. The van der Waals surface area contributed by atoms with E-state index >= 15 is 0 Å². The van der Waals surface area contributed by atoms with Crippen LogP contribution in [-0.4, -0.2) is 14.2 Å². The maximum atomic E-state index is 10.8. The summed E-state index contributed by atoms with van der Waals surface area (Å²) in [6, 6.07) is 3.74. The van der Waals surface area contributed by atoms with Crippen LogP contribution in [0.3, 0.4) is 0 Å². The van der Waals surface area contributed by atoms with E-state index in [9.17, 15) is 8.42 Å². The van der Waals surface area contributed by atoms with Crippen LogP contribution >= 0.6 is 22.3 Å². The van der Waals surface area contributed by atoms with Gasteiger partial charge in [-0.25, -0.2) is 8.42 Å². The first-order valence-electron chi connectivity index (χ1n) is 4.47. The Morgan fingerprint density at radius 3 is 2.33 bits per heavy atom. The maximum Gasteiger partial charge on any atom is 0.232 e. The van der Waals surface area contributed by atoms with Gasteiger partial charge in [0.05, 0.1) is 5.75 Å². The van der Waals surface area contributed by atoms with E-state index in [4.69, 9.17) is 22.3 Å². The van der Waals surface area contributed by atoms with Crippen molar-refractivity contribution in [1.29, 1.82) is 0 Å². The minimum atomic E-state index is -3.42. The monoisotopic (exact) mass is 266 g/mol. The molecule has 0 amide bonds. The summed E-state index contributed by atoms with van der Waals surface area (Å²) in [5.41, 5.74) is 2.91. The van der Waals surface area contributed by atoms with Crippen LogP contribution < -0.4 is 0 Å². The zero-order chi connectivity index (χ0) is 11.6. The molecular formula is C10H12Cl2O2S. The molecule has 15 heavy (non-hydrogen) atoms. The third-order valence-electron chi connectivity index (χ3n) is 2.23. The van der Waals surface area contributed by atoms with Crippen LogP contribution in [0.1, 0.15) is 16.7 Å². The third kappa shape index (κ3) is 4.01. The summed E-state index contributed by atoms with van der Waals surface area (Å²) in [7, 11) is 1.73. The number of aryl methyl sites for hydroxylation is 3. The Morgan fingerprint density at radius 2 is 1.80 bits per heavy atom. The second-order valence-corrected chi connectivity index (χ2v) is 6.82. The maximum absolute atomic E-state index is 10.8. The van der Waals surface area contributed by atoms with Crippen molar-refractivity contribution in [2.24, 2.45) is 0 Å². The summed E-state index contributed by atoms with van der Waals surface area (Å²) in [6.45, 7) is 3.79. The average molecular weight is 267 g/mol. The van der Waals surface area contributed by atoms with Crippen molar-refractivity contribution in [1.82, 2.24) is 0 Å². The summed E-state index contributed by atoms with van der Waals surface area (Å²) in [4.78, 5) is 0. The molecule has 1 aromatic carbocycles. The molecule has 2 nitrogen and oxygen atoms in total. The largest absolute Gasteiger partial charge is 0.232 e. The topological polar surface area (TPSA) is 34.1 Å². The van der Waals surface area contributed by atoms with Gasteiger partial charge in [-0.3, -0.25) is 0 Å². The number of halogens is 2. The Hall–Kier alpha value is -0.250. The lowest BCUT2D eigenvalue weighted by molar-refractivity contribution is 0.609. The van der Waals surface area contributed by atoms with Gasteiger partial charge in [0.2, 0.25) is 9.05 Å². The predicted molar refractivity (Wildman–Crippen MR) is 64.3 cm³/mol. The van der Waals surface area contributed by atoms with E-state index in [1.54, 1.807) is 0 Å². The minimum Gasteiger partial charge on any atom is -0.212 e. The lowest BCUT2D eigenvalue weighted by Crippen LogP contribution is -2.03. The van der Waals surface area contributed by atoms with Crippen LogP contribution in [0.5, 0.6) is 0 Å². The summed E-state index contributed by atoms with van der Waals surface area (Å²) in [6.07, 6.45) is 0.426. The molecule has 0 bridgehead atoms. The molecule has 0 aromatic heterocycles. The van der Waals surface area contributed by atoms with Crippen LogP contribution in [0.25, 0.3) is 0 Å². The van der Waals surface area contributed by atoms with Crippen LogP contribution in [0.15, 0.2) is 12.1 Å². The van der Waals surface area contributed by atoms with Gasteiger partial charge in [0.1, 0.15) is 0 Å². The highest BCUT2D eigenvalue weighted by molar-refractivity contribution is 8.13. The Balaban J connectivity index is 2.91. The van der Waals surface area contributed by atoms with Gasteiger partial charge in [-0.1, -0.05) is 17.7 Å². The first-order chi connectivity index (χ1) is 6.79. The summed E-state index contributed by atoms with van der Waals surface area (Å²) in [5, 5.41) is 0.699. The van der Waals surface area contributed by atoms with Gasteiger partial charge >= 0.3 is 0 Å². The van der Waals surface area contributed by atoms with Gasteiger partial charge in [-0.2, -0.15) is 0 Å². The Morgan fingerprint density at radius 1 is 1.20 bits per heavy atom. The van der Waals surface area contributed by atoms with Gasteiger partial charge in [0.15, 0.2) is 0 Å². The standard InChI is InChI=1S/C10H12Cl2O2S/c1-7-6-10(11)8(2)5-9(7)3-4-15(12,13)14/h5-6H,3-4H2,1-2H3. The average Bonchev–Trinajstić information content (AvgIpc) is 2.07. The Bertz CT molecular complexity index is 467. The minimum absolute atomic E-state index is 0.0452. The van der Waals surface area contributed by atoms with Crippen molar-refractivity contribution in [2.75, 3.05) is 5.75 Å². The Labute approximate surface area is 99.6 Å². The SMILES string of the molecule is Cc1cc(CCS(=O)(=O)Cl)c(C)cc1Cl. The zero-order valence-electron chi connectivity index (χ0n) is 8.55. The molecule has 84 valence electrons. The molecule has 0 aliphatic heterocycles. The number of hydrogen-bond acceptors (Lipinski definition) is 2. The van der Waals surface area contributed by atoms with E-state index in [1.807, 2.05) is 26.0 Å². The van der Waals surface area contributed by atoms with E-state index in [0.29, 0.717) is 11.4 Å². The van der Waals surface area contributed by atoms with Gasteiger partial charge in [-0.05, 0) is 43.0 Å². The molecule has 0 heterocycles. The second-order valence-electron chi connectivity index (χ2n) is 3.52. The van der Waals surface area contributed by atoms with E-state index < -0.39 is 9.05 Å². The van der Waals surface area contributed by atoms with Gasteiger partial charge < -0.3 is 0 Å². The van der Waals surface area contributed by atoms with E-state index in [0.717, 1.165) is 16.7 Å². The first kappa shape index (κ1) is 12.8.